The Hall–Kier alpha value is -2.29. The van der Waals surface area contributed by atoms with Crippen LogP contribution in [0.15, 0.2) is 24.3 Å². The number of rotatable bonds is 6. The molecule has 1 aromatic carbocycles. The third kappa shape index (κ3) is 5.03. The van der Waals surface area contributed by atoms with Gasteiger partial charge < -0.3 is 25.0 Å². The maximum atomic E-state index is 13.8. The number of β-amino-alcohol motifs (C(OH)–C–C–N with tert-alkyl or cyclic N) is 1. The summed E-state index contributed by atoms with van der Waals surface area (Å²) < 4.78 is 5.46. The number of fused-ring (bicyclic) bond motifs is 1. The Balaban J connectivity index is 1.13. The van der Waals surface area contributed by atoms with E-state index in [-0.39, 0.29) is 36.7 Å². The van der Waals surface area contributed by atoms with E-state index >= 15 is 0 Å². The number of benzene rings is 1. The highest BCUT2D eigenvalue weighted by atomic mass is 16.5. The van der Waals surface area contributed by atoms with Gasteiger partial charge in [0.2, 0.25) is 5.91 Å². The first-order chi connectivity index (χ1) is 18.5. The number of carbonyl (C=O) groups is 3. The third-order valence-electron chi connectivity index (χ3n) is 9.88. The molecule has 0 bridgehead atoms. The maximum Gasteiger partial charge on any atom is 0.251 e. The second kappa shape index (κ2) is 11.1. The SMILES string of the molecule is O=C(N[C@H](C(=O)N1C[C@H](O)[C@H]2OCC(=O)[C@H]21)C1CCCCC1)c1ccc(C2CCN(C3CCC3)CC2)cc1. The van der Waals surface area contributed by atoms with Gasteiger partial charge >= 0.3 is 0 Å². The number of aliphatic hydroxyl groups excluding tert-OH is 1. The Morgan fingerprint density at radius 3 is 2.32 bits per heavy atom. The highest BCUT2D eigenvalue weighted by Gasteiger charge is 2.53. The molecule has 6 rings (SSSR count). The highest BCUT2D eigenvalue weighted by Crippen LogP contribution is 2.34. The third-order valence-corrected chi connectivity index (χ3v) is 9.88. The van der Waals surface area contributed by atoms with E-state index in [1.54, 1.807) is 0 Å². The topological polar surface area (TPSA) is 99.2 Å². The summed E-state index contributed by atoms with van der Waals surface area (Å²) in [6.07, 6.45) is 9.75. The first-order valence-electron chi connectivity index (χ1n) is 14.8. The van der Waals surface area contributed by atoms with Gasteiger partial charge in [-0.2, -0.15) is 0 Å². The number of amides is 2. The molecule has 3 aliphatic heterocycles. The minimum absolute atomic E-state index is 0.0222. The standard InChI is InChI=1S/C30H41N3O5/c34-24-17-33(27-25(35)18-38-28(24)27)30(37)26(21-5-2-1-3-6-21)31-29(36)22-11-9-19(10-12-22)20-13-15-32(16-14-20)23-7-4-8-23/h9-12,20-21,23-24,26-28,34H,1-8,13-18H2,(H,31,36)/t24-,26-,27+,28+/m0/s1. The molecule has 206 valence electrons. The molecule has 2 aliphatic carbocycles. The Morgan fingerprint density at radius 2 is 1.66 bits per heavy atom. The molecular weight excluding hydrogens is 482 g/mol. The lowest BCUT2D eigenvalue weighted by Gasteiger charge is -2.42. The summed E-state index contributed by atoms with van der Waals surface area (Å²) in [5.74, 6) is -0.159. The molecule has 5 fully saturated rings. The largest absolute Gasteiger partial charge is 0.388 e. The van der Waals surface area contributed by atoms with Crippen LogP contribution in [0.25, 0.3) is 0 Å². The van der Waals surface area contributed by atoms with E-state index in [2.05, 4.69) is 22.3 Å². The molecule has 2 N–H and O–H groups in total. The highest BCUT2D eigenvalue weighted by molar-refractivity contribution is 5.99. The molecule has 0 spiro atoms. The van der Waals surface area contributed by atoms with Crippen molar-refractivity contribution in [1.82, 2.24) is 15.1 Å². The minimum Gasteiger partial charge on any atom is -0.388 e. The Labute approximate surface area is 225 Å². The van der Waals surface area contributed by atoms with Crippen LogP contribution >= 0.6 is 0 Å². The molecular formula is C30H41N3O5. The van der Waals surface area contributed by atoms with E-state index in [1.807, 2.05) is 12.1 Å². The summed E-state index contributed by atoms with van der Waals surface area (Å²) in [6, 6.07) is 7.26. The van der Waals surface area contributed by atoms with Crippen LogP contribution in [-0.4, -0.2) is 89.1 Å². The lowest BCUT2D eigenvalue weighted by atomic mass is 9.83. The second-order valence-electron chi connectivity index (χ2n) is 12.1. The fourth-order valence-corrected chi connectivity index (χ4v) is 7.37. The zero-order valence-electron chi connectivity index (χ0n) is 22.2. The van der Waals surface area contributed by atoms with Crippen LogP contribution in [0.1, 0.15) is 86.0 Å². The summed E-state index contributed by atoms with van der Waals surface area (Å²) in [5.41, 5.74) is 1.83. The van der Waals surface area contributed by atoms with Gasteiger partial charge in [-0.05, 0) is 81.1 Å². The van der Waals surface area contributed by atoms with Crippen LogP contribution < -0.4 is 5.32 Å². The van der Waals surface area contributed by atoms with E-state index in [4.69, 9.17) is 4.74 Å². The first kappa shape index (κ1) is 26.0. The average molecular weight is 524 g/mol. The Bertz CT molecular complexity index is 1030. The normalized spacial score (nSPS) is 30.2. The van der Waals surface area contributed by atoms with Crippen molar-refractivity contribution in [3.63, 3.8) is 0 Å². The number of ether oxygens (including phenoxy) is 1. The molecule has 4 atom stereocenters. The van der Waals surface area contributed by atoms with Crippen LogP contribution in [-0.2, 0) is 14.3 Å². The summed E-state index contributed by atoms with van der Waals surface area (Å²) in [5, 5.41) is 13.5. The number of hydrogen-bond donors (Lipinski definition) is 2. The lowest BCUT2D eigenvalue weighted by molar-refractivity contribution is -0.139. The molecule has 3 heterocycles. The van der Waals surface area contributed by atoms with E-state index < -0.39 is 24.3 Å². The summed E-state index contributed by atoms with van der Waals surface area (Å²) in [7, 11) is 0. The van der Waals surface area contributed by atoms with Crippen LogP contribution in [0.5, 0.6) is 0 Å². The number of likely N-dealkylation sites (tertiary alicyclic amines) is 2. The van der Waals surface area contributed by atoms with Gasteiger partial charge in [-0.25, -0.2) is 0 Å². The van der Waals surface area contributed by atoms with Crippen LogP contribution in [0, 0.1) is 5.92 Å². The summed E-state index contributed by atoms with van der Waals surface area (Å²) in [4.78, 5) is 43.8. The fourth-order valence-electron chi connectivity index (χ4n) is 7.37. The van der Waals surface area contributed by atoms with Gasteiger partial charge in [-0.1, -0.05) is 37.8 Å². The molecule has 0 aromatic heterocycles. The Morgan fingerprint density at radius 1 is 0.947 bits per heavy atom. The fraction of sp³-hybridized carbons (Fsp3) is 0.700. The number of piperidine rings is 1. The summed E-state index contributed by atoms with van der Waals surface area (Å²) in [6.45, 7) is 2.29. The molecule has 8 nitrogen and oxygen atoms in total. The minimum atomic E-state index is -0.883. The van der Waals surface area contributed by atoms with E-state index in [1.165, 1.54) is 29.7 Å². The zero-order chi connectivity index (χ0) is 26.2. The lowest BCUT2D eigenvalue weighted by Crippen LogP contribution is -2.55. The van der Waals surface area contributed by atoms with Gasteiger partial charge in [-0.15, -0.1) is 0 Å². The molecule has 5 aliphatic rings. The van der Waals surface area contributed by atoms with Gasteiger partial charge in [0, 0.05) is 11.6 Å². The molecule has 0 unspecified atom stereocenters. The van der Waals surface area contributed by atoms with Gasteiger partial charge in [-0.3, -0.25) is 14.4 Å². The zero-order valence-corrected chi connectivity index (χ0v) is 22.2. The maximum absolute atomic E-state index is 13.8. The van der Waals surface area contributed by atoms with Crippen LogP contribution in [0.2, 0.25) is 0 Å². The molecule has 3 saturated heterocycles. The number of aliphatic hydroxyl groups is 1. The molecule has 0 radical (unpaired) electrons. The number of nitrogens with one attached hydrogen (secondary N) is 1. The van der Waals surface area contributed by atoms with Gasteiger partial charge in [0.05, 0.1) is 6.54 Å². The monoisotopic (exact) mass is 523 g/mol. The summed E-state index contributed by atoms with van der Waals surface area (Å²) >= 11 is 0. The van der Waals surface area contributed by atoms with Gasteiger partial charge in [0.15, 0.2) is 5.78 Å². The van der Waals surface area contributed by atoms with Crippen molar-refractivity contribution in [3.05, 3.63) is 35.4 Å². The van der Waals surface area contributed by atoms with E-state index in [0.717, 1.165) is 64.1 Å². The van der Waals surface area contributed by atoms with E-state index in [9.17, 15) is 19.5 Å². The smallest absolute Gasteiger partial charge is 0.251 e. The van der Waals surface area contributed by atoms with Gasteiger partial charge in [0.1, 0.15) is 30.9 Å². The van der Waals surface area contributed by atoms with Crippen molar-refractivity contribution in [2.75, 3.05) is 26.2 Å². The number of Topliss-reactive ketones (excluding diaryl/α,β-unsaturated/α-hetero) is 1. The molecule has 2 saturated carbocycles. The van der Waals surface area contributed by atoms with Gasteiger partial charge in [0.25, 0.3) is 5.91 Å². The van der Waals surface area contributed by atoms with E-state index in [0.29, 0.717) is 11.5 Å². The average Bonchev–Trinajstić information content (AvgIpc) is 3.47. The van der Waals surface area contributed by atoms with Crippen LogP contribution in [0.4, 0.5) is 0 Å². The van der Waals surface area contributed by atoms with Crippen molar-refractivity contribution in [2.24, 2.45) is 5.92 Å². The number of nitrogens with zero attached hydrogens (tertiary/aromatic N) is 2. The quantitative estimate of drug-likeness (QED) is 0.595. The first-order valence-corrected chi connectivity index (χ1v) is 14.8. The van der Waals surface area contributed by atoms with Crippen LogP contribution in [0.3, 0.4) is 0 Å². The molecule has 1 aromatic rings. The molecule has 38 heavy (non-hydrogen) atoms. The second-order valence-corrected chi connectivity index (χ2v) is 12.1. The number of ketones is 1. The molecule has 8 heteroatoms. The van der Waals surface area contributed by atoms with Crippen molar-refractivity contribution in [1.29, 1.82) is 0 Å². The Kier molecular flexibility index (Phi) is 7.56. The number of hydrogen-bond acceptors (Lipinski definition) is 6. The predicted octanol–water partition coefficient (Wildman–Crippen LogP) is 2.64. The van der Waals surface area contributed by atoms with Crippen molar-refractivity contribution < 1.29 is 24.2 Å². The predicted molar refractivity (Wildman–Crippen MR) is 142 cm³/mol. The number of carbonyl (C=O) groups excluding carboxylic acids is 3. The molecule has 2 amide bonds. The van der Waals surface area contributed by atoms with Crippen molar-refractivity contribution in [3.8, 4) is 0 Å². The van der Waals surface area contributed by atoms with Crippen molar-refractivity contribution >= 4 is 17.6 Å². The van der Waals surface area contributed by atoms with Crippen molar-refractivity contribution in [2.45, 2.75) is 100 Å².